The Morgan fingerprint density at radius 3 is 2.63 bits per heavy atom. The van der Waals surface area contributed by atoms with Crippen LogP contribution in [0, 0.1) is 22.7 Å². The molecule has 19 heavy (non-hydrogen) atoms. The molecular formula is C14H8ClN3O. The molecule has 0 saturated heterocycles. The van der Waals surface area contributed by atoms with Crippen molar-refractivity contribution in [3.8, 4) is 12.1 Å². The van der Waals surface area contributed by atoms with Crippen LogP contribution in [0.15, 0.2) is 41.3 Å². The van der Waals surface area contributed by atoms with E-state index in [1.165, 1.54) is 10.6 Å². The van der Waals surface area contributed by atoms with Crippen LogP contribution in [-0.4, -0.2) is 4.57 Å². The Labute approximate surface area is 114 Å². The van der Waals surface area contributed by atoms with Gasteiger partial charge in [0.05, 0.1) is 18.2 Å². The molecule has 1 heterocycles. The number of nitriles is 2. The zero-order valence-corrected chi connectivity index (χ0v) is 10.6. The summed E-state index contributed by atoms with van der Waals surface area (Å²) in [6.45, 7) is 0.263. The Morgan fingerprint density at radius 1 is 1.21 bits per heavy atom. The van der Waals surface area contributed by atoms with Gasteiger partial charge in [0, 0.05) is 11.2 Å². The summed E-state index contributed by atoms with van der Waals surface area (Å²) in [7, 11) is 0. The summed E-state index contributed by atoms with van der Waals surface area (Å²) in [5, 5.41) is 18.0. The van der Waals surface area contributed by atoms with Gasteiger partial charge in [0.15, 0.2) is 0 Å². The Morgan fingerprint density at radius 2 is 2.00 bits per heavy atom. The van der Waals surface area contributed by atoms with Gasteiger partial charge in [0.2, 0.25) is 0 Å². The fourth-order valence-corrected chi connectivity index (χ4v) is 1.92. The van der Waals surface area contributed by atoms with E-state index in [-0.39, 0.29) is 17.7 Å². The molecule has 0 aliphatic rings. The number of benzene rings is 1. The minimum absolute atomic E-state index is 0.0901. The monoisotopic (exact) mass is 269 g/mol. The molecule has 92 valence electrons. The Kier molecular flexibility index (Phi) is 3.66. The van der Waals surface area contributed by atoms with Crippen LogP contribution in [-0.2, 0) is 6.54 Å². The van der Waals surface area contributed by atoms with Gasteiger partial charge in [-0.2, -0.15) is 10.5 Å². The highest BCUT2D eigenvalue weighted by atomic mass is 35.5. The molecule has 0 radical (unpaired) electrons. The summed E-state index contributed by atoms with van der Waals surface area (Å²) in [5.74, 6) is 0. The average Bonchev–Trinajstić information content (AvgIpc) is 2.43. The molecule has 4 nitrogen and oxygen atoms in total. The van der Waals surface area contributed by atoms with Crippen molar-refractivity contribution < 1.29 is 0 Å². The van der Waals surface area contributed by atoms with Gasteiger partial charge in [-0.05, 0) is 29.8 Å². The highest BCUT2D eigenvalue weighted by Gasteiger charge is 2.06. The lowest BCUT2D eigenvalue weighted by atomic mass is 10.1. The number of aromatic nitrogens is 1. The van der Waals surface area contributed by atoms with Gasteiger partial charge in [-0.15, -0.1) is 0 Å². The van der Waals surface area contributed by atoms with Gasteiger partial charge in [-0.25, -0.2) is 0 Å². The Hall–Kier alpha value is -2.56. The first-order valence-corrected chi connectivity index (χ1v) is 5.81. The van der Waals surface area contributed by atoms with Crippen molar-refractivity contribution in [3.05, 3.63) is 68.6 Å². The van der Waals surface area contributed by atoms with Crippen molar-refractivity contribution >= 4 is 11.6 Å². The maximum Gasteiger partial charge on any atom is 0.268 e. The topological polar surface area (TPSA) is 69.6 Å². The van der Waals surface area contributed by atoms with Crippen molar-refractivity contribution in [2.24, 2.45) is 0 Å². The third-order valence-electron chi connectivity index (χ3n) is 2.66. The molecule has 0 bridgehead atoms. The summed E-state index contributed by atoms with van der Waals surface area (Å²) in [4.78, 5) is 11.9. The van der Waals surface area contributed by atoms with Crippen LogP contribution in [0.25, 0.3) is 0 Å². The molecule has 1 aromatic heterocycles. The Bertz CT molecular complexity index is 765. The van der Waals surface area contributed by atoms with Gasteiger partial charge < -0.3 is 4.57 Å². The molecular weight excluding hydrogens is 262 g/mol. The van der Waals surface area contributed by atoms with E-state index in [2.05, 4.69) is 0 Å². The second-order valence-corrected chi connectivity index (χ2v) is 4.29. The predicted octanol–water partition coefficient (Wildman–Crippen LogP) is 2.29. The van der Waals surface area contributed by atoms with Crippen LogP contribution in [0.1, 0.15) is 16.7 Å². The number of halogens is 1. The molecule has 0 saturated carbocycles. The van der Waals surface area contributed by atoms with Crippen LogP contribution < -0.4 is 5.56 Å². The largest absolute Gasteiger partial charge is 0.310 e. The van der Waals surface area contributed by atoms with Crippen LogP contribution in [0.3, 0.4) is 0 Å². The van der Waals surface area contributed by atoms with Crippen LogP contribution in [0.4, 0.5) is 0 Å². The second-order valence-electron chi connectivity index (χ2n) is 3.88. The van der Waals surface area contributed by atoms with Gasteiger partial charge in [-0.3, -0.25) is 4.79 Å². The van der Waals surface area contributed by atoms with E-state index in [4.69, 9.17) is 22.1 Å². The number of pyridine rings is 1. The number of nitrogens with zero attached hydrogens (tertiary/aromatic N) is 3. The van der Waals surface area contributed by atoms with Gasteiger partial charge in [0.1, 0.15) is 11.6 Å². The quantitative estimate of drug-likeness (QED) is 0.840. The van der Waals surface area contributed by atoms with Crippen LogP contribution in [0.5, 0.6) is 0 Å². The van der Waals surface area contributed by atoms with E-state index in [0.717, 1.165) is 5.56 Å². The van der Waals surface area contributed by atoms with E-state index in [0.29, 0.717) is 10.6 Å². The lowest BCUT2D eigenvalue weighted by molar-refractivity contribution is 0.756. The Balaban J connectivity index is 2.41. The van der Waals surface area contributed by atoms with Crippen molar-refractivity contribution in [1.29, 1.82) is 10.5 Å². The highest BCUT2D eigenvalue weighted by molar-refractivity contribution is 6.31. The lowest BCUT2D eigenvalue weighted by Gasteiger charge is -2.07. The first kappa shape index (κ1) is 12.9. The highest BCUT2D eigenvalue weighted by Crippen LogP contribution is 2.18. The SMILES string of the molecule is N#Cc1ccc(Cn2cccc(C#N)c2=O)c(Cl)c1. The number of rotatable bonds is 2. The molecule has 0 amide bonds. The minimum Gasteiger partial charge on any atom is -0.310 e. The standard InChI is InChI=1S/C14H8ClN3O/c15-13-6-10(7-16)3-4-12(13)9-18-5-1-2-11(8-17)14(18)19/h1-6H,9H2. The number of hydrogen-bond donors (Lipinski definition) is 0. The maximum absolute atomic E-state index is 11.9. The predicted molar refractivity (Wildman–Crippen MR) is 70.7 cm³/mol. The van der Waals surface area contributed by atoms with Crippen LogP contribution in [0.2, 0.25) is 5.02 Å². The zero-order valence-electron chi connectivity index (χ0n) is 9.80. The van der Waals surface area contributed by atoms with Crippen molar-refractivity contribution in [2.45, 2.75) is 6.54 Å². The third-order valence-corrected chi connectivity index (χ3v) is 3.02. The minimum atomic E-state index is -0.356. The van der Waals surface area contributed by atoms with Crippen LogP contribution >= 0.6 is 11.6 Å². The summed E-state index contributed by atoms with van der Waals surface area (Å²) in [6.07, 6.45) is 1.59. The van der Waals surface area contributed by atoms with Crippen molar-refractivity contribution in [3.63, 3.8) is 0 Å². The third kappa shape index (κ3) is 2.65. The molecule has 2 rings (SSSR count). The molecule has 0 unspecified atom stereocenters. The lowest BCUT2D eigenvalue weighted by Crippen LogP contribution is -2.22. The molecule has 0 spiro atoms. The molecule has 2 aromatic rings. The van der Waals surface area contributed by atoms with E-state index in [1.54, 1.807) is 30.5 Å². The fraction of sp³-hybridized carbons (Fsp3) is 0.0714. The van der Waals surface area contributed by atoms with Gasteiger partial charge in [-0.1, -0.05) is 17.7 Å². The molecule has 0 atom stereocenters. The second kappa shape index (κ2) is 5.39. The maximum atomic E-state index is 11.9. The number of hydrogen-bond acceptors (Lipinski definition) is 3. The molecule has 0 fully saturated rings. The van der Waals surface area contributed by atoms with E-state index < -0.39 is 0 Å². The summed E-state index contributed by atoms with van der Waals surface area (Å²) in [5.41, 5.74) is 0.919. The van der Waals surface area contributed by atoms with E-state index in [1.807, 2.05) is 12.1 Å². The van der Waals surface area contributed by atoms with E-state index >= 15 is 0 Å². The summed E-state index contributed by atoms with van der Waals surface area (Å²) < 4.78 is 1.41. The normalized spacial score (nSPS) is 9.63. The fourth-order valence-electron chi connectivity index (χ4n) is 1.68. The van der Waals surface area contributed by atoms with Gasteiger partial charge >= 0.3 is 0 Å². The summed E-state index contributed by atoms with van der Waals surface area (Å²) >= 11 is 6.05. The molecule has 0 aliphatic heterocycles. The molecule has 1 aromatic carbocycles. The van der Waals surface area contributed by atoms with Gasteiger partial charge in [0.25, 0.3) is 5.56 Å². The smallest absolute Gasteiger partial charge is 0.268 e. The summed E-state index contributed by atoms with van der Waals surface area (Å²) in [6, 6.07) is 11.8. The van der Waals surface area contributed by atoms with E-state index in [9.17, 15) is 4.79 Å². The first-order valence-electron chi connectivity index (χ1n) is 5.44. The molecule has 0 N–H and O–H groups in total. The average molecular weight is 270 g/mol. The first-order chi connectivity index (χ1) is 9.15. The zero-order chi connectivity index (χ0) is 13.8. The molecule has 0 aliphatic carbocycles. The van der Waals surface area contributed by atoms with Crippen molar-refractivity contribution in [1.82, 2.24) is 4.57 Å². The van der Waals surface area contributed by atoms with Crippen molar-refractivity contribution in [2.75, 3.05) is 0 Å². The molecule has 5 heteroatoms.